The Bertz CT molecular complexity index is 991. The molecular weight excluding hydrogens is 444 g/mol. The average molecular weight is 461 g/mol. The minimum Gasteiger partial charge on any atom is -0.374 e. The molecule has 1 atom stereocenters. The van der Waals surface area contributed by atoms with Crippen LogP contribution in [0.25, 0.3) is 0 Å². The second kappa shape index (κ2) is 8.45. The molecule has 3 rings (SSSR count). The van der Waals surface area contributed by atoms with Crippen LogP contribution in [0.4, 0.5) is 13.2 Å². The second-order valence-corrected chi connectivity index (χ2v) is 7.75. The van der Waals surface area contributed by atoms with E-state index in [2.05, 4.69) is 10.6 Å². The van der Waals surface area contributed by atoms with Gasteiger partial charge in [-0.1, -0.05) is 40.5 Å². The number of aryl methyl sites for hydroxylation is 1. The highest BCUT2D eigenvalue weighted by Crippen LogP contribution is 2.49. The molecule has 1 amide bonds. The van der Waals surface area contributed by atoms with Crippen molar-refractivity contribution in [1.29, 1.82) is 0 Å². The number of nitrogens with zero attached hydrogens (tertiary/aromatic N) is 1. The molecule has 5 nitrogen and oxygen atoms in total. The lowest BCUT2D eigenvalue weighted by Gasteiger charge is -2.29. The number of carbonyl (C=O) groups excluding carboxylic acids is 1. The van der Waals surface area contributed by atoms with Gasteiger partial charge in [0.15, 0.2) is 0 Å². The van der Waals surface area contributed by atoms with Gasteiger partial charge < -0.3 is 4.84 Å². The van der Waals surface area contributed by atoms with Gasteiger partial charge in [0.05, 0.1) is 5.71 Å². The largest absolute Gasteiger partial charge is 0.435 e. The monoisotopic (exact) mass is 460 g/mol. The zero-order valence-electron chi connectivity index (χ0n) is 15.9. The number of carbonyl (C=O) groups is 1. The maximum atomic E-state index is 14.1. The van der Waals surface area contributed by atoms with E-state index >= 15 is 0 Å². The van der Waals surface area contributed by atoms with Crippen LogP contribution >= 0.6 is 23.2 Å². The van der Waals surface area contributed by atoms with Gasteiger partial charge in [-0.3, -0.25) is 9.63 Å². The van der Waals surface area contributed by atoms with Gasteiger partial charge in [0, 0.05) is 29.0 Å². The van der Waals surface area contributed by atoms with Gasteiger partial charge >= 0.3 is 6.18 Å². The molecule has 1 unspecified atom stereocenters. The maximum Gasteiger partial charge on any atom is 0.435 e. The first-order valence-corrected chi connectivity index (χ1v) is 9.54. The van der Waals surface area contributed by atoms with Crippen LogP contribution < -0.4 is 5.48 Å². The fourth-order valence-electron chi connectivity index (χ4n) is 3.07. The molecule has 0 saturated heterocycles. The molecule has 0 saturated carbocycles. The Morgan fingerprint density at radius 2 is 1.90 bits per heavy atom. The van der Waals surface area contributed by atoms with E-state index in [1.54, 1.807) is 18.2 Å². The highest BCUT2D eigenvalue weighted by Gasteiger charge is 2.62. The first-order chi connectivity index (χ1) is 14.0. The number of hydrogen-bond acceptors (Lipinski definition) is 4. The molecule has 1 aliphatic rings. The van der Waals surface area contributed by atoms with E-state index in [1.165, 1.54) is 25.1 Å². The molecule has 0 aromatic heterocycles. The molecule has 160 valence electrons. The summed E-state index contributed by atoms with van der Waals surface area (Å²) in [5.41, 5.74) is 1.36. The van der Waals surface area contributed by atoms with Gasteiger partial charge in [0.1, 0.15) is 6.61 Å². The number of rotatable bonds is 5. The average Bonchev–Trinajstić information content (AvgIpc) is 3.09. The van der Waals surface area contributed by atoms with Crippen molar-refractivity contribution in [2.24, 2.45) is 5.16 Å². The SMILES string of the molecule is CC(=O)NOCc1cc(C2=NOC(c3cc(Cl)cc(Cl)c3)(C(F)(F)F)C2)ccc1C. The summed E-state index contributed by atoms with van der Waals surface area (Å²) in [5, 5.41) is 3.86. The van der Waals surface area contributed by atoms with Crippen LogP contribution in [0.1, 0.15) is 35.6 Å². The standard InChI is InChI=1S/C20H17Cl2F3N2O3/c1-11-3-4-13(5-14(11)10-29-26-12(2)28)18-9-19(30-27-18,20(23,24)25)15-6-16(21)8-17(22)7-15/h3-8H,9-10H2,1-2H3,(H,26,28). The summed E-state index contributed by atoms with van der Waals surface area (Å²) in [5.74, 6) is -0.368. The lowest BCUT2D eigenvalue weighted by atomic mass is 9.86. The summed E-state index contributed by atoms with van der Waals surface area (Å²) in [6.07, 6.45) is -5.32. The lowest BCUT2D eigenvalue weighted by molar-refractivity contribution is -0.275. The number of halogens is 5. The summed E-state index contributed by atoms with van der Waals surface area (Å²) >= 11 is 11.8. The molecule has 10 heteroatoms. The van der Waals surface area contributed by atoms with Crippen LogP contribution in [0, 0.1) is 6.92 Å². The van der Waals surface area contributed by atoms with E-state index in [0.29, 0.717) is 11.1 Å². The van der Waals surface area contributed by atoms with E-state index in [-0.39, 0.29) is 33.8 Å². The Labute approximate surface area is 180 Å². The number of nitrogens with one attached hydrogen (secondary N) is 1. The Morgan fingerprint density at radius 3 is 2.50 bits per heavy atom. The molecule has 1 N–H and O–H groups in total. The molecule has 0 spiro atoms. The third-order valence-electron chi connectivity index (χ3n) is 4.64. The molecule has 2 aromatic rings. The summed E-state index contributed by atoms with van der Waals surface area (Å²) in [6.45, 7) is 3.16. The van der Waals surface area contributed by atoms with Crippen molar-refractivity contribution in [1.82, 2.24) is 5.48 Å². The maximum absolute atomic E-state index is 14.1. The van der Waals surface area contributed by atoms with Crippen molar-refractivity contribution in [3.63, 3.8) is 0 Å². The number of hydroxylamine groups is 1. The van der Waals surface area contributed by atoms with Crippen molar-refractivity contribution in [2.45, 2.75) is 38.7 Å². The van der Waals surface area contributed by atoms with E-state index in [4.69, 9.17) is 32.9 Å². The van der Waals surface area contributed by atoms with E-state index in [1.807, 2.05) is 6.92 Å². The van der Waals surface area contributed by atoms with Crippen LogP contribution in [0.3, 0.4) is 0 Å². The first-order valence-electron chi connectivity index (χ1n) is 8.78. The number of alkyl halides is 3. The highest BCUT2D eigenvalue weighted by molar-refractivity contribution is 6.34. The van der Waals surface area contributed by atoms with Crippen LogP contribution in [0.15, 0.2) is 41.6 Å². The van der Waals surface area contributed by atoms with Crippen molar-refractivity contribution >= 4 is 34.8 Å². The summed E-state index contributed by atoms with van der Waals surface area (Å²) in [6, 6.07) is 8.71. The van der Waals surface area contributed by atoms with Crippen LogP contribution in [0.5, 0.6) is 0 Å². The van der Waals surface area contributed by atoms with Gasteiger partial charge in [-0.05, 0) is 47.9 Å². The Morgan fingerprint density at radius 1 is 1.23 bits per heavy atom. The Balaban J connectivity index is 1.92. The molecule has 2 aromatic carbocycles. The zero-order valence-corrected chi connectivity index (χ0v) is 17.5. The molecule has 0 aliphatic carbocycles. The molecule has 0 fully saturated rings. The molecule has 0 radical (unpaired) electrons. The predicted octanol–water partition coefficient (Wildman–Crippen LogP) is 5.45. The normalized spacial score (nSPS) is 18.7. The minimum absolute atomic E-state index is 0.0434. The predicted molar refractivity (Wildman–Crippen MR) is 106 cm³/mol. The topological polar surface area (TPSA) is 59.9 Å². The molecule has 30 heavy (non-hydrogen) atoms. The van der Waals surface area contributed by atoms with Gasteiger partial charge in [-0.25, -0.2) is 5.48 Å². The quantitative estimate of drug-likeness (QED) is 0.603. The van der Waals surface area contributed by atoms with Gasteiger partial charge in [0.25, 0.3) is 5.60 Å². The van der Waals surface area contributed by atoms with Gasteiger partial charge in [-0.2, -0.15) is 13.2 Å². The number of amides is 1. The highest BCUT2D eigenvalue weighted by atomic mass is 35.5. The third-order valence-corrected chi connectivity index (χ3v) is 5.08. The molecular formula is C20H17Cl2F3N2O3. The number of oxime groups is 1. The number of hydrogen-bond donors (Lipinski definition) is 1. The molecule has 0 bridgehead atoms. The van der Waals surface area contributed by atoms with Crippen molar-refractivity contribution < 1.29 is 27.6 Å². The third kappa shape index (κ3) is 4.55. The lowest BCUT2D eigenvalue weighted by Crippen LogP contribution is -2.42. The van der Waals surface area contributed by atoms with Crippen LogP contribution in [-0.4, -0.2) is 17.8 Å². The number of benzene rings is 2. The Hall–Kier alpha value is -2.29. The van der Waals surface area contributed by atoms with E-state index < -0.39 is 18.2 Å². The van der Waals surface area contributed by atoms with Gasteiger partial charge in [0.2, 0.25) is 5.91 Å². The van der Waals surface area contributed by atoms with Crippen molar-refractivity contribution in [2.75, 3.05) is 0 Å². The van der Waals surface area contributed by atoms with Crippen LogP contribution in [-0.2, 0) is 26.7 Å². The second-order valence-electron chi connectivity index (χ2n) is 6.88. The smallest absolute Gasteiger partial charge is 0.374 e. The Kier molecular flexibility index (Phi) is 6.31. The first kappa shape index (κ1) is 22.4. The fraction of sp³-hybridized carbons (Fsp3) is 0.300. The minimum atomic E-state index is -4.77. The summed E-state index contributed by atoms with van der Waals surface area (Å²) in [4.78, 5) is 21.0. The van der Waals surface area contributed by atoms with Gasteiger partial charge in [-0.15, -0.1) is 0 Å². The van der Waals surface area contributed by atoms with E-state index in [0.717, 1.165) is 5.56 Å². The molecule has 1 heterocycles. The van der Waals surface area contributed by atoms with Crippen molar-refractivity contribution in [3.05, 3.63) is 68.7 Å². The van der Waals surface area contributed by atoms with Crippen LogP contribution in [0.2, 0.25) is 10.0 Å². The summed E-state index contributed by atoms with van der Waals surface area (Å²) in [7, 11) is 0. The molecule has 1 aliphatic heterocycles. The van der Waals surface area contributed by atoms with E-state index in [9.17, 15) is 18.0 Å². The van der Waals surface area contributed by atoms with Crippen molar-refractivity contribution in [3.8, 4) is 0 Å². The fourth-order valence-corrected chi connectivity index (χ4v) is 3.59. The zero-order chi connectivity index (χ0) is 22.1. The summed E-state index contributed by atoms with van der Waals surface area (Å²) < 4.78 is 42.3.